The van der Waals surface area contributed by atoms with Gasteiger partial charge < -0.3 is 19.5 Å². The number of halogens is 1. The van der Waals surface area contributed by atoms with Crippen molar-refractivity contribution >= 4 is 34.9 Å². The van der Waals surface area contributed by atoms with E-state index in [1.165, 1.54) is 32.4 Å². The maximum atomic E-state index is 13.1. The zero-order valence-corrected chi connectivity index (χ0v) is 18.4. The minimum atomic E-state index is -1.36. The van der Waals surface area contributed by atoms with E-state index in [4.69, 9.17) is 25.8 Å². The molecule has 0 aromatic heterocycles. The predicted octanol–water partition coefficient (Wildman–Crippen LogP) is 4.80. The third kappa shape index (κ3) is 5.39. The first kappa shape index (κ1) is 23.6. The third-order valence-corrected chi connectivity index (χ3v) is 4.92. The zero-order valence-electron chi connectivity index (χ0n) is 17.6. The van der Waals surface area contributed by atoms with Crippen LogP contribution in [0, 0.1) is 10.1 Å². The van der Waals surface area contributed by atoms with Gasteiger partial charge in [0.15, 0.2) is 11.5 Å². The average molecular weight is 471 g/mol. The van der Waals surface area contributed by atoms with Crippen molar-refractivity contribution < 1.29 is 28.7 Å². The SMILES string of the molecule is COc1cccc(C(=O)OC(C(=O)Nc2ccc(Cl)c([N+](=O)[O-])c2)c2ccccc2)c1OC. The molecule has 0 saturated carbocycles. The van der Waals surface area contributed by atoms with Gasteiger partial charge in [0.1, 0.15) is 10.6 Å². The quantitative estimate of drug-likeness (QED) is 0.285. The molecule has 1 unspecified atom stereocenters. The number of benzene rings is 3. The summed E-state index contributed by atoms with van der Waals surface area (Å²) in [5.74, 6) is -1.06. The third-order valence-electron chi connectivity index (χ3n) is 4.60. The number of rotatable bonds is 8. The van der Waals surface area contributed by atoms with Gasteiger partial charge in [-0.2, -0.15) is 0 Å². The van der Waals surface area contributed by atoms with Crippen LogP contribution in [-0.2, 0) is 9.53 Å². The Bertz CT molecular complexity index is 1180. The van der Waals surface area contributed by atoms with Crippen LogP contribution in [0.5, 0.6) is 11.5 Å². The molecule has 0 heterocycles. The molecule has 1 N–H and O–H groups in total. The van der Waals surface area contributed by atoms with Crippen molar-refractivity contribution in [1.29, 1.82) is 0 Å². The zero-order chi connectivity index (χ0) is 24.0. The van der Waals surface area contributed by atoms with Gasteiger partial charge in [-0.15, -0.1) is 0 Å². The molecule has 33 heavy (non-hydrogen) atoms. The molecule has 170 valence electrons. The number of carbonyl (C=O) groups excluding carboxylic acids is 2. The van der Waals surface area contributed by atoms with Crippen molar-refractivity contribution in [2.75, 3.05) is 19.5 Å². The molecule has 0 bridgehead atoms. The standard InChI is InChI=1S/C23H19ClN2O7/c1-31-19-10-6-9-16(21(19)32-2)23(28)33-20(14-7-4-3-5-8-14)22(27)25-15-11-12-17(24)18(13-15)26(29)30/h3-13,20H,1-2H3,(H,25,27). The Morgan fingerprint density at radius 2 is 1.73 bits per heavy atom. The number of nitrogens with zero attached hydrogens (tertiary/aromatic N) is 1. The number of amides is 1. The van der Waals surface area contributed by atoms with E-state index >= 15 is 0 Å². The fourth-order valence-electron chi connectivity index (χ4n) is 3.06. The number of nitrogens with one attached hydrogen (secondary N) is 1. The van der Waals surface area contributed by atoms with E-state index in [9.17, 15) is 19.7 Å². The van der Waals surface area contributed by atoms with Gasteiger partial charge in [0.25, 0.3) is 11.6 Å². The number of hydrogen-bond donors (Lipinski definition) is 1. The number of ether oxygens (including phenoxy) is 3. The molecule has 0 fully saturated rings. The van der Waals surface area contributed by atoms with Gasteiger partial charge in [0, 0.05) is 17.3 Å². The lowest BCUT2D eigenvalue weighted by molar-refractivity contribution is -0.384. The molecule has 0 radical (unpaired) electrons. The minimum Gasteiger partial charge on any atom is -0.493 e. The molecule has 3 rings (SSSR count). The Balaban J connectivity index is 1.92. The van der Waals surface area contributed by atoms with Crippen LogP contribution in [0.25, 0.3) is 0 Å². The van der Waals surface area contributed by atoms with E-state index in [0.29, 0.717) is 11.3 Å². The predicted molar refractivity (Wildman–Crippen MR) is 121 cm³/mol. The van der Waals surface area contributed by atoms with Crippen molar-refractivity contribution in [3.63, 3.8) is 0 Å². The molecule has 0 aliphatic rings. The molecule has 0 aliphatic carbocycles. The first-order valence-corrected chi connectivity index (χ1v) is 9.95. The number of carbonyl (C=O) groups is 2. The topological polar surface area (TPSA) is 117 Å². The summed E-state index contributed by atoms with van der Waals surface area (Å²) in [4.78, 5) is 36.5. The number of esters is 1. The van der Waals surface area contributed by atoms with E-state index in [1.54, 1.807) is 42.5 Å². The molecule has 9 nitrogen and oxygen atoms in total. The maximum Gasteiger partial charge on any atom is 0.343 e. The highest BCUT2D eigenvalue weighted by Gasteiger charge is 2.28. The van der Waals surface area contributed by atoms with E-state index < -0.39 is 22.9 Å². The van der Waals surface area contributed by atoms with Gasteiger partial charge >= 0.3 is 5.97 Å². The fourth-order valence-corrected chi connectivity index (χ4v) is 3.24. The summed E-state index contributed by atoms with van der Waals surface area (Å²) < 4.78 is 16.0. The van der Waals surface area contributed by atoms with Crippen molar-refractivity contribution in [2.24, 2.45) is 0 Å². The number of hydrogen-bond acceptors (Lipinski definition) is 7. The summed E-state index contributed by atoms with van der Waals surface area (Å²) >= 11 is 5.83. The van der Waals surface area contributed by atoms with Crippen LogP contribution in [0.3, 0.4) is 0 Å². The lowest BCUT2D eigenvalue weighted by Crippen LogP contribution is -2.26. The van der Waals surface area contributed by atoms with Crippen LogP contribution >= 0.6 is 11.6 Å². The van der Waals surface area contributed by atoms with Crippen LogP contribution in [0.2, 0.25) is 5.02 Å². The van der Waals surface area contributed by atoms with Gasteiger partial charge in [0.05, 0.1) is 19.1 Å². The maximum absolute atomic E-state index is 13.1. The van der Waals surface area contributed by atoms with Crippen molar-refractivity contribution in [3.05, 3.63) is 93.0 Å². The Morgan fingerprint density at radius 3 is 2.36 bits per heavy atom. The Kier molecular flexibility index (Phi) is 7.47. The summed E-state index contributed by atoms with van der Waals surface area (Å²) in [7, 11) is 2.81. The minimum absolute atomic E-state index is 0.0627. The highest BCUT2D eigenvalue weighted by molar-refractivity contribution is 6.32. The van der Waals surface area contributed by atoms with Gasteiger partial charge in [-0.1, -0.05) is 48.0 Å². The largest absolute Gasteiger partial charge is 0.493 e. The number of nitro groups is 1. The fraction of sp³-hybridized carbons (Fsp3) is 0.130. The van der Waals surface area contributed by atoms with Crippen LogP contribution < -0.4 is 14.8 Å². The summed E-state index contributed by atoms with van der Waals surface area (Å²) in [6.45, 7) is 0. The van der Waals surface area contributed by atoms with Crippen LogP contribution in [-0.4, -0.2) is 31.0 Å². The first-order chi connectivity index (χ1) is 15.8. The monoisotopic (exact) mass is 470 g/mol. The molecule has 0 saturated heterocycles. The summed E-state index contributed by atoms with van der Waals surface area (Å²) in [6.07, 6.45) is -1.36. The molecule has 0 aliphatic heterocycles. The molecule has 10 heteroatoms. The average Bonchev–Trinajstić information content (AvgIpc) is 2.83. The molecular weight excluding hydrogens is 452 g/mol. The second kappa shape index (κ2) is 10.5. The van der Waals surface area contributed by atoms with Crippen molar-refractivity contribution in [3.8, 4) is 11.5 Å². The molecule has 1 atom stereocenters. The first-order valence-electron chi connectivity index (χ1n) is 9.57. The smallest absolute Gasteiger partial charge is 0.343 e. The van der Waals surface area contributed by atoms with Crippen LogP contribution in [0.1, 0.15) is 22.0 Å². The van der Waals surface area contributed by atoms with Gasteiger partial charge in [-0.25, -0.2) is 4.79 Å². The van der Waals surface area contributed by atoms with Crippen molar-refractivity contribution in [2.45, 2.75) is 6.10 Å². The van der Waals surface area contributed by atoms with E-state index in [0.717, 1.165) is 6.07 Å². The van der Waals surface area contributed by atoms with Crippen LogP contribution in [0.4, 0.5) is 11.4 Å². The molecular formula is C23H19ClN2O7. The van der Waals surface area contributed by atoms with E-state index in [1.807, 2.05) is 0 Å². The second-order valence-corrected chi connectivity index (χ2v) is 7.06. The van der Waals surface area contributed by atoms with Gasteiger partial charge in [-0.05, 0) is 24.3 Å². The highest BCUT2D eigenvalue weighted by atomic mass is 35.5. The number of nitro benzene ring substituents is 1. The Morgan fingerprint density at radius 1 is 1.00 bits per heavy atom. The number of para-hydroxylation sites is 1. The highest BCUT2D eigenvalue weighted by Crippen LogP contribution is 2.33. The molecule has 1 amide bonds. The van der Waals surface area contributed by atoms with E-state index in [2.05, 4.69) is 5.32 Å². The van der Waals surface area contributed by atoms with Crippen LogP contribution in [0.15, 0.2) is 66.7 Å². The normalized spacial score (nSPS) is 11.2. The van der Waals surface area contributed by atoms with Crippen molar-refractivity contribution in [1.82, 2.24) is 0 Å². The summed E-state index contributed by atoms with van der Waals surface area (Å²) in [6, 6.07) is 16.8. The molecule has 0 spiro atoms. The molecule has 3 aromatic carbocycles. The lowest BCUT2D eigenvalue weighted by atomic mass is 10.1. The summed E-state index contributed by atoms with van der Waals surface area (Å²) in [5, 5.41) is 13.6. The Labute approximate surface area is 194 Å². The van der Waals surface area contributed by atoms with Gasteiger partial charge in [0.2, 0.25) is 6.10 Å². The molecule has 3 aromatic rings. The van der Waals surface area contributed by atoms with E-state index in [-0.39, 0.29) is 27.7 Å². The second-order valence-electron chi connectivity index (χ2n) is 6.65. The summed E-state index contributed by atoms with van der Waals surface area (Å²) in [5.41, 5.74) is 0.206. The number of anilines is 1. The number of methoxy groups -OCH3 is 2. The lowest BCUT2D eigenvalue weighted by Gasteiger charge is -2.19. The Hall–Kier alpha value is -4.11. The van der Waals surface area contributed by atoms with Gasteiger partial charge in [-0.3, -0.25) is 14.9 Å².